The Morgan fingerprint density at radius 3 is 2.79 bits per heavy atom. The summed E-state index contributed by atoms with van der Waals surface area (Å²) in [6.45, 7) is 3.21. The van der Waals surface area contributed by atoms with Crippen molar-refractivity contribution in [2.24, 2.45) is 5.92 Å². The Balaban J connectivity index is 2.16. The van der Waals surface area contributed by atoms with Crippen molar-refractivity contribution in [2.75, 3.05) is 24.2 Å². The summed E-state index contributed by atoms with van der Waals surface area (Å²) in [6, 6.07) is 6.24. The van der Waals surface area contributed by atoms with Crippen molar-refractivity contribution in [3.63, 3.8) is 0 Å². The standard InChI is InChI=1S/C12H18N2/c1-9-4-3-5-11(12(9)13)14(2)8-10-6-7-10/h3-5,10H,6-8,13H2,1-2H3. The number of hydrogen-bond acceptors (Lipinski definition) is 2. The maximum absolute atomic E-state index is 6.04. The highest BCUT2D eigenvalue weighted by molar-refractivity contribution is 5.70. The van der Waals surface area contributed by atoms with E-state index in [0.717, 1.165) is 18.2 Å². The van der Waals surface area contributed by atoms with Gasteiger partial charge in [0.15, 0.2) is 0 Å². The average molecular weight is 190 g/mol. The van der Waals surface area contributed by atoms with Crippen molar-refractivity contribution in [2.45, 2.75) is 19.8 Å². The number of anilines is 2. The first-order chi connectivity index (χ1) is 6.68. The first-order valence-corrected chi connectivity index (χ1v) is 5.24. The molecular weight excluding hydrogens is 172 g/mol. The monoisotopic (exact) mass is 190 g/mol. The molecule has 2 rings (SSSR count). The Kier molecular flexibility index (Phi) is 2.36. The van der Waals surface area contributed by atoms with Crippen LogP contribution in [0.15, 0.2) is 18.2 Å². The fourth-order valence-corrected chi connectivity index (χ4v) is 1.78. The zero-order chi connectivity index (χ0) is 10.1. The second-order valence-corrected chi connectivity index (χ2v) is 4.33. The van der Waals surface area contributed by atoms with Gasteiger partial charge in [0.1, 0.15) is 0 Å². The summed E-state index contributed by atoms with van der Waals surface area (Å²) in [5.41, 5.74) is 9.31. The van der Waals surface area contributed by atoms with E-state index in [-0.39, 0.29) is 0 Å². The van der Waals surface area contributed by atoms with Gasteiger partial charge in [-0.05, 0) is 37.3 Å². The number of nitrogen functional groups attached to an aromatic ring is 1. The minimum Gasteiger partial charge on any atom is -0.397 e. The molecule has 0 radical (unpaired) electrons. The van der Waals surface area contributed by atoms with Gasteiger partial charge in [-0.2, -0.15) is 0 Å². The second kappa shape index (κ2) is 3.52. The molecule has 1 aromatic rings. The Bertz CT molecular complexity index is 329. The molecule has 0 aromatic heterocycles. The zero-order valence-electron chi connectivity index (χ0n) is 8.96. The van der Waals surface area contributed by atoms with Gasteiger partial charge in [0.2, 0.25) is 0 Å². The van der Waals surface area contributed by atoms with E-state index in [4.69, 9.17) is 5.73 Å². The molecule has 0 atom stereocenters. The third kappa shape index (κ3) is 1.84. The van der Waals surface area contributed by atoms with Gasteiger partial charge in [0.05, 0.1) is 11.4 Å². The van der Waals surface area contributed by atoms with E-state index in [1.54, 1.807) is 0 Å². The second-order valence-electron chi connectivity index (χ2n) is 4.33. The zero-order valence-corrected chi connectivity index (χ0v) is 8.96. The van der Waals surface area contributed by atoms with Crippen molar-refractivity contribution < 1.29 is 0 Å². The lowest BCUT2D eigenvalue weighted by Gasteiger charge is -2.21. The summed E-state index contributed by atoms with van der Waals surface area (Å²) in [6.07, 6.45) is 2.77. The summed E-state index contributed by atoms with van der Waals surface area (Å²) in [4.78, 5) is 2.28. The van der Waals surface area contributed by atoms with Crippen LogP contribution in [0, 0.1) is 12.8 Å². The smallest absolute Gasteiger partial charge is 0.0600 e. The van der Waals surface area contributed by atoms with Crippen LogP contribution >= 0.6 is 0 Å². The Morgan fingerprint density at radius 2 is 2.14 bits per heavy atom. The number of nitrogens with two attached hydrogens (primary N) is 1. The highest BCUT2D eigenvalue weighted by Crippen LogP contribution is 2.33. The fraction of sp³-hybridized carbons (Fsp3) is 0.500. The molecule has 1 aliphatic carbocycles. The average Bonchev–Trinajstić information content (AvgIpc) is 2.93. The predicted molar refractivity (Wildman–Crippen MR) is 61.6 cm³/mol. The molecule has 1 fully saturated rings. The number of aryl methyl sites for hydroxylation is 1. The number of hydrogen-bond donors (Lipinski definition) is 1. The summed E-state index contributed by atoms with van der Waals surface area (Å²) in [5.74, 6) is 0.903. The summed E-state index contributed by atoms with van der Waals surface area (Å²) in [7, 11) is 2.13. The molecule has 0 amide bonds. The number of nitrogens with zero attached hydrogens (tertiary/aromatic N) is 1. The van der Waals surface area contributed by atoms with Gasteiger partial charge < -0.3 is 10.6 Å². The van der Waals surface area contributed by atoms with Gasteiger partial charge in [0, 0.05) is 13.6 Å². The molecule has 76 valence electrons. The Hall–Kier alpha value is -1.18. The Morgan fingerprint density at radius 1 is 1.43 bits per heavy atom. The molecule has 1 aromatic carbocycles. The van der Waals surface area contributed by atoms with Gasteiger partial charge in [-0.1, -0.05) is 12.1 Å². The third-order valence-electron chi connectivity index (χ3n) is 2.94. The van der Waals surface area contributed by atoms with Crippen LogP contribution in [0.5, 0.6) is 0 Å². The Labute approximate surface area is 85.7 Å². The minimum absolute atomic E-state index is 0.903. The van der Waals surface area contributed by atoms with Crippen LogP contribution in [0.25, 0.3) is 0 Å². The maximum Gasteiger partial charge on any atom is 0.0600 e. The molecule has 2 heteroatoms. The molecule has 0 aliphatic heterocycles. The number of benzene rings is 1. The van der Waals surface area contributed by atoms with Crippen LogP contribution in [0.4, 0.5) is 11.4 Å². The SMILES string of the molecule is Cc1cccc(N(C)CC2CC2)c1N. The van der Waals surface area contributed by atoms with Crippen molar-refractivity contribution in [1.82, 2.24) is 0 Å². The lowest BCUT2D eigenvalue weighted by atomic mass is 10.1. The van der Waals surface area contributed by atoms with E-state index >= 15 is 0 Å². The molecule has 0 unspecified atom stereocenters. The third-order valence-corrected chi connectivity index (χ3v) is 2.94. The maximum atomic E-state index is 6.04. The van der Waals surface area contributed by atoms with Crippen LogP contribution in [0.1, 0.15) is 18.4 Å². The largest absolute Gasteiger partial charge is 0.397 e. The fourth-order valence-electron chi connectivity index (χ4n) is 1.78. The summed E-state index contributed by atoms with van der Waals surface area (Å²) >= 11 is 0. The molecule has 14 heavy (non-hydrogen) atoms. The minimum atomic E-state index is 0.903. The lowest BCUT2D eigenvalue weighted by Crippen LogP contribution is -2.21. The van der Waals surface area contributed by atoms with E-state index in [2.05, 4.69) is 37.1 Å². The number of para-hydroxylation sites is 1. The molecule has 1 aliphatic rings. The van der Waals surface area contributed by atoms with Crippen LogP contribution < -0.4 is 10.6 Å². The highest BCUT2D eigenvalue weighted by atomic mass is 15.1. The van der Waals surface area contributed by atoms with E-state index in [0.29, 0.717) is 0 Å². The molecular formula is C12H18N2. The van der Waals surface area contributed by atoms with E-state index in [1.165, 1.54) is 24.1 Å². The van der Waals surface area contributed by atoms with Gasteiger partial charge in [-0.3, -0.25) is 0 Å². The van der Waals surface area contributed by atoms with Gasteiger partial charge in [-0.15, -0.1) is 0 Å². The van der Waals surface area contributed by atoms with E-state index in [9.17, 15) is 0 Å². The summed E-state index contributed by atoms with van der Waals surface area (Å²) < 4.78 is 0. The van der Waals surface area contributed by atoms with E-state index < -0.39 is 0 Å². The highest BCUT2D eigenvalue weighted by Gasteiger charge is 2.23. The lowest BCUT2D eigenvalue weighted by molar-refractivity contribution is 0.788. The van der Waals surface area contributed by atoms with Crippen LogP contribution in [-0.2, 0) is 0 Å². The van der Waals surface area contributed by atoms with E-state index in [1.807, 2.05) is 0 Å². The molecule has 2 nitrogen and oxygen atoms in total. The molecule has 0 bridgehead atoms. The first kappa shape index (κ1) is 9.38. The number of rotatable bonds is 3. The van der Waals surface area contributed by atoms with Crippen LogP contribution in [-0.4, -0.2) is 13.6 Å². The predicted octanol–water partition coefficient (Wildman–Crippen LogP) is 2.42. The van der Waals surface area contributed by atoms with Crippen molar-refractivity contribution >= 4 is 11.4 Å². The van der Waals surface area contributed by atoms with Crippen LogP contribution in [0.2, 0.25) is 0 Å². The quantitative estimate of drug-likeness (QED) is 0.742. The van der Waals surface area contributed by atoms with Crippen molar-refractivity contribution in [3.8, 4) is 0 Å². The molecule has 1 saturated carbocycles. The molecule has 0 heterocycles. The molecule has 0 saturated heterocycles. The van der Waals surface area contributed by atoms with Crippen LogP contribution in [0.3, 0.4) is 0 Å². The van der Waals surface area contributed by atoms with Crippen molar-refractivity contribution in [1.29, 1.82) is 0 Å². The molecule has 0 spiro atoms. The van der Waals surface area contributed by atoms with Gasteiger partial charge in [-0.25, -0.2) is 0 Å². The topological polar surface area (TPSA) is 29.3 Å². The first-order valence-electron chi connectivity index (χ1n) is 5.24. The molecule has 2 N–H and O–H groups in total. The normalized spacial score (nSPS) is 15.6. The van der Waals surface area contributed by atoms with Crippen molar-refractivity contribution in [3.05, 3.63) is 23.8 Å². The summed E-state index contributed by atoms with van der Waals surface area (Å²) in [5, 5.41) is 0. The van der Waals surface area contributed by atoms with Gasteiger partial charge >= 0.3 is 0 Å². The van der Waals surface area contributed by atoms with Gasteiger partial charge in [0.25, 0.3) is 0 Å².